The molecule has 2 heteroatoms. The average Bonchev–Trinajstić information content (AvgIpc) is 1.83. The summed E-state index contributed by atoms with van der Waals surface area (Å²) in [6, 6.07) is 6.70. The summed E-state index contributed by atoms with van der Waals surface area (Å²) < 4.78 is 2.86. The second-order valence-corrected chi connectivity index (χ2v) is 15.7. The molecule has 0 aliphatic carbocycles. The van der Waals surface area contributed by atoms with E-state index >= 15 is 0 Å². The Kier molecular flexibility index (Phi) is 3.05. The molecule has 0 unspecified atom stereocenters. The van der Waals surface area contributed by atoms with Gasteiger partial charge in [-0.15, -0.1) is 0 Å². The molecule has 0 nitrogen and oxygen atoms in total. The van der Waals surface area contributed by atoms with Gasteiger partial charge in [0.2, 0.25) is 0 Å². The molecular weight excluding hydrogens is 273 g/mol. The average molecular weight is 288 g/mol. The molecule has 0 aliphatic heterocycles. The molecule has 0 radical (unpaired) electrons. The molecule has 0 fully saturated rings. The van der Waals surface area contributed by atoms with Crippen LogP contribution in [0.15, 0.2) is 22.7 Å². The van der Waals surface area contributed by atoms with Crippen molar-refractivity contribution in [3.63, 3.8) is 0 Å². The van der Waals surface area contributed by atoms with Gasteiger partial charge in [-0.2, -0.15) is 0 Å². The summed E-state index contributed by atoms with van der Waals surface area (Å²) in [5.41, 5.74) is 1.33. The monoisotopic (exact) mass is 288 g/mol. The molecule has 1 rings (SSSR count). The Morgan fingerprint density at radius 1 is 1.17 bits per heavy atom. The minimum absolute atomic E-state index is 1.30. The second kappa shape index (κ2) is 3.54. The van der Waals surface area contributed by atoms with Crippen molar-refractivity contribution in [3.8, 4) is 0 Å². The zero-order chi connectivity index (χ0) is 9.35. The number of hydrogen-bond donors (Lipinski definition) is 0. The van der Waals surface area contributed by atoms with E-state index in [-0.39, 0.29) is 0 Å². The normalized spacial score (nSPS) is 11.8. The summed E-state index contributed by atoms with van der Waals surface area (Å²) >= 11 is 2.00. The molecule has 0 spiro atoms. The van der Waals surface area contributed by atoms with E-state index in [0.717, 1.165) is 0 Å². The van der Waals surface area contributed by atoms with Crippen LogP contribution in [0.25, 0.3) is 0 Å². The van der Waals surface area contributed by atoms with Crippen molar-refractivity contribution in [1.29, 1.82) is 0 Å². The summed E-state index contributed by atoms with van der Waals surface area (Å²) in [7, 11) is 0. The van der Waals surface area contributed by atoms with Crippen LogP contribution in [0.5, 0.6) is 0 Å². The Morgan fingerprint density at radius 2 is 1.75 bits per heavy atom. The van der Waals surface area contributed by atoms with E-state index in [2.05, 4.69) is 58.3 Å². The van der Waals surface area contributed by atoms with Gasteiger partial charge in [-0.25, -0.2) is 0 Å². The summed E-state index contributed by atoms with van der Waals surface area (Å²) in [5.74, 6) is 7.24. The van der Waals surface area contributed by atoms with Gasteiger partial charge in [0.1, 0.15) is 0 Å². The van der Waals surface area contributed by atoms with Crippen molar-refractivity contribution >= 4 is 33.6 Å². The summed E-state index contributed by atoms with van der Waals surface area (Å²) in [5, 5.41) is 0. The molecular formula is C10H15BrGe. The third-order valence-corrected chi connectivity index (χ3v) is 7.66. The van der Waals surface area contributed by atoms with Crippen molar-refractivity contribution in [2.45, 2.75) is 24.2 Å². The van der Waals surface area contributed by atoms with E-state index in [1.165, 1.54) is 10.0 Å². The van der Waals surface area contributed by atoms with Crippen LogP contribution in [-0.2, 0) is 0 Å². The first-order valence-corrected chi connectivity index (χ1v) is 12.3. The van der Waals surface area contributed by atoms with Gasteiger partial charge in [0.25, 0.3) is 0 Å². The first-order chi connectivity index (χ1) is 5.41. The molecule has 0 N–H and O–H groups in total. The number of rotatable bonds is 1. The van der Waals surface area contributed by atoms with Gasteiger partial charge in [-0.05, 0) is 0 Å². The predicted molar refractivity (Wildman–Crippen MR) is 61.9 cm³/mol. The van der Waals surface area contributed by atoms with Gasteiger partial charge in [0.15, 0.2) is 0 Å². The molecule has 0 aliphatic rings. The molecule has 0 amide bonds. The molecule has 1 aromatic rings. The first kappa shape index (κ1) is 10.3. The van der Waals surface area contributed by atoms with Crippen LogP contribution in [0.1, 0.15) is 5.56 Å². The first-order valence-electron chi connectivity index (χ1n) is 4.18. The fourth-order valence-electron chi connectivity index (χ4n) is 1.23. The Labute approximate surface area is 85.9 Å². The van der Waals surface area contributed by atoms with E-state index in [1.54, 1.807) is 4.40 Å². The maximum atomic E-state index is 3.63. The van der Waals surface area contributed by atoms with Crippen LogP contribution in [0.2, 0.25) is 17.3 Å². The van der Waals surface area contributed by atoms with Crippen LogP contribution in [0, 0.1) is 6.92 Å². The van der Waals surface area contributed by atoms with Gasteiger partial charge in [0.05, 0.1) is 0 Å². The molecule has 0 atom stereocenters. The molecule has 0 saturated heterocycles. The molecule has 0 heterocycles. The van der Waals surface area contributed by atoms with E-state index in [9.17, 15) is 0 Å². The number of aryl methyl sites for hydroxylation is 1. The zero-order valence-corrected chi connectivity index (χ0v) is 11.8. The molecule has 1 aromatic carbocycles. The van der Waals surface area contributed by atoms with Crippen LogP contribution in [0.4, 0.5) is 0 Å². The summed E-state index contributed by atoms with van der Waals surface area (Å²) in [6.07, 6.45) is 0. The van der Waals surface area contributed by atoms with Crippen LogP contribution >= 0.6 is 15.9 Å². The van der Waals surface area contributed by atoms with Gasteiger partial charge in [-0.3, -0.25) is 0 Å². The quantitative estimate of drug-likeness (QED) is 0.695. The van der Waals surface area contributed by atoms with Crippen molar-refractivity contribution in [2.24, 2.45) is 0 Å². The van der Waals surface area contributed by atoms with Crippen molar-refractivity contribution < 1.29 is 0 Å². The molecule has 0 bridgehead atoms. The fraction of sp³-hybridized carbons (Fsp3) is 0.400. The van der Waals surface area contributed by atoms with Crippen molar-refractivity contribution in [1.82, 2.24) is 0 Å². The molecule has 0 saturated carbocycles. The second-order valence-electron chi connectivity index (χ2n) is 4.23. The van der Waals surface area contributed by atoms with Gasteiger partial charge < -0.3 is 0 Å². The van der Waals surface area contributed by atoms with Crippen LogP contribution < -0.4 is 4.40 Å². The van der Waals surface area contributed by atoms with Crippen molar-refractivity contribution in [2.75, 3.05) is 0 Å². The Balaban J connectivity index is 3.19. The standard InChI is InChI=1S/C10H15BrGe/c1-8-5-6-10(9(11)7-8)12(2,3)4/h5-7H,1-4H3. The van der Waals surface area contributed by atoms with Crippen molar-refractivity contribution in [3.05, 3.63) is 28.2 Å². The zero-order valence-electron chi connectivity index (χ0n) is 8.11. The minimum atomic E-state index is -1.63. The van der Waals surface area contributed by atoms with E-state index in [1.807, 2.05) is 0 Å². The number of benzene rings is 1. The maximum absolute atomic E-state index is 3.63. The third kappa shape index (κ3) is 2.36. The van der Waals surface area contributed by atoms with Crippen LogP contribution in [-0.4, -0.2) is 13.3 Å². The van der Waals surface area contributed by atoms with Gasteiger partial charge in [0, 0.05) is 0 Å². The molecule has 12 heavy (non-hydrogen) atoms. The van der Waals surface area contributed by atoms with E-state index < -0.39 is 13.3 Å². The molecule has 0 aromatic heterocycles. The number of hydrogen-bond acceptors (Lipinski definition) is 0. The topological polar surface area (TPSA) is 0 Å². The summed E-state index contributed by atoms with van der Waals surface area (Å²) in [6.45, 7) is 2.13. The van der Waals surface area contributed by atoms with E-state index in [4.69, 9.17) is 0 Å². The van der Waals surface area contributed by atoms with Gasteiger partial charge >= 0.3 is 86.0 Å². The third-order valence-electron chi connectivity index (χ3n) is 1.93. The Bertz CT molecular complexity index is 286. The Hall–Kier alpha value is 0.243. The predicted octanol–water partition coefficient (Wildman–Crippen LogP) is 3.30. The number of halogens is 1. The SMILES string of the molecule is Cc1cc[c]([Ge]([CH3])([CH3])[CH3])c(Br)c1. The summed E-state index contributed by atoms with van der Waals surface area (Å²) in [4.78, 5) is 0. The fourth-order valence-corrected chi connectivity index (χ4v) is 7.69. The molecule has 66 valence electrons. The van der Waals surface area contributed by atoms with Gasteiger partial charge in [-0.1, -0.05) is 0 Å². The van der Waals surface area contributed by atoms with E-state index in [0.29, 0.717) is 0 Å². The van der Waals surface area contributed by atoms with Crippen LogP contribution in [0.3, 0.4) is 0 Å². The Morgan fingerprint density at radius 3 is 2.17 bits per heavy atom.